The SMILES string of the molecule is C=C/C=C/C.C=C/C=C\C. The van der Waals surface area contributed by atoms with Crippen LogP contribution in [-0.4, -0.2) is 0 Å². The predicted molar refractivity (Wildman–Crippen MR) is 50.0 cm³/mol. The first-order valence-electron chi connectivity index (χ1n) is 3.30. The lowest BCUT2D eigenvalue weighted by Gasteiger charge is -1.56. The van der Waals surface area contributed by atoms with Gasteiger partial charge in [-0.05, 0) is 13.8 Å². The molecule has 0 fully saturated rings. The van der Waals surface area contributed by atoms with Crippen LogP contribution in [0, 0.1) is 0 Å². The van der Waals surface area contributed by atoms with E-state index in [1.165, 1.54) is 0 Å². The van der Waals surface area contributed by atoms with E-state index in [9.17, 15) is 0 Å². The van der Waals surface area contributed by atoms with Crippen molar-refractivity contribution in [2.75, 3.05) is 0 Å². The molecule has 10 heavy (non-hydrogen) atoms. The Morgan fingerprint density at radius 1 is 0.800 bits per heavy atom. The zero-order valence-electron chi connectivity index (χ0n) is 6.88. The van der Waals surface area contributed by atoms with Crippen LogP contribution in [0.25, 0.3) is 0 Å². The molecule has 0 aliphatic rings. The van der Waals surface area contributed by atoms with Gasteiger partial charge in [0.05, 0.1) is 0 Å². The largest absolute Gasteiger partial charge is 0.0991 e. The molecule has 0 saturated carbocycles. The smallest absolute Gasteiger partial charge is 0.0467 e. The maximum atomic E-state index is 3.46. The first kappa shape index (κ1) is 11.7. The summed E-state index contributed by atoms with van der Waals surface area (Å²) in [5, 5.41) is 0. The summed E-state index contributed by atoms with van der Waals surface area (Å²) in [5.41, 5.74) is 0. The Kier molecular flexibility index (Phi) is 18.4. The summed E-state index contributed by atoms with van der Waals surface area (Å²) in [6.45, 7) is 10.8. The Labute approximate surface area is 64.3 Å². The van der Waals surface area contributed by atoms with E-state index < -0.39 is 0 Å². The molecule has 0 saturated heterocycles. The average Bonchev–Trinajstić information content (AvgIpc) is 1.93. The lowest BCUT2D eigenvalue weighted by molar-refractivity contribution is 1.74. The summed E-state index contributed by atoms with van der Waals surface area (Å²) >= 11 is 0. The van der Waals surface area contributed by atoms with Gasteiger partial charge in [0.25, 0.3) is 0 Å². The van der Waals surface area contributed by atoms with Crippen LogP contribution in [0.3, 0.4) is 0 Å². The third-order valence-electron chi connectivity index (χ3n) is 0.657. The molecule has 0 bridgehead atoms. The minimum absolute atomic E-state index is 1.75. The number of hydrogen-bond acceptors (Lipinski definition) is 0. The summed E-state index contributed by atoms with van der Waals surface area (Å²) in [6, 6.07) is 0. The van der Waals surface area contributed by atoms with Crippen molar-refractivity contribution in [3.8, 4) is 0 Å². The van der Waals surface area contributed by atoms with E-state index in [4.69, 9.17) is 0 Å². The van der Waals surface area contributed by atoms with E-state index in [-0.39, 0.29) is 0 Å². The summed E-state index contributed by atoms with van der Waals surface area (Å²) in [5.74, 6) is 0. The van der Waals surface area contributed by atoms with Crippen LogP contribution in [0.15, 0.2) is 49.6 Å². The normalized spacial score (nSPS) is 9.00. The van der Waals surface area contributed by atoms with Gasteiger partial charge in [-0.3, -0.25) is 0 Å². The summed E-state index contributed by atoms with van der Waals surface area (Å²) < 4.78 is 0. The summed E-state index contributed by atoms with van der Waals surface area (Å²) in [4.78, 5) is 0. The Balaban J connectivity index is 0. The molecular formula is C10H16. The molecule has 0 N–H and O–H groups in total. The highest BCUT2D eigenvalue weighted by Gasteiger charge is 1.42. The fourth-order valence-electron chi connectivity index (χ4n) is 0.272. The van der Waals surface area contributed by atoms with Gasteiger partial charge in [-0.15, -0.1) is 0 Å². The molecule has 0 aromatic heterocycles. The third-order valence-corrected chi connectivity index (χ3v) is 0.657. The molecule has 0 amide bonds. The number of rotatable bonds is 2. The quantitative estimate of drug-likeness (QED) is 0.510. The molecule has 0 spiro atoms. The van der Waals surface area contributed by atoms with Crippen LogP contribution in [0.2, 0.25) is 0 Å². The zero-order valence-corrected chi connectivity index (χ0v) is 6.88. The Morgan fingerprint density at radius 2 is 1.10 bits per heavy atom. The van der Waals surface area contributed by atoms with Crippen molar-refractivity contribution in [1.82, 2.24) is 0 Å². The van der Waals surface area contributed by atoms with Gasteiger partial charge >= 0.3 is 0 Å². The Bertz CT molecular complexity index is 100. The van der Waals surface area contributed by atoms with Crippen LogP contribution in [0.1, 0.15) is 13.8 Å². The van der Waals surface area contributed by atoms with Gasteiger partial charge in [-0.1, -0.05) is 49.6 Å². The predicted octanol–water partition coefficient (Wildman–Crippen LogP) is 3.50. The maximum Gasteiger partial charge on any atom is -0.0467 e. The molecule has 0 radical (unpaired) electrons. The van der Waals surface area contributed by atoms with Crippen molar-refractivity contribution in [3.05, 3.63) is 49.6 Å². The van der Waals surface area contributed by atoms with E-state index in [0.717, 1.165) is 0 Å². The minimum atomic E-state index is 1.75. The van der Waals surface area contributed by atoms with Gasteiger partial charge in [-0.2, -0.15) is 0 Å². The summed E-state index contributed by atoms with van der Waals surface area (Å²) in [6.07, 6.45) is 11.2. The number of allylic oxidation sites excluding steroid dienone is 6. The summed E-state index contributed by atoms with van der Waals surface area (Å²) in [7, 11) is 0. The van der Waals surface area contributed by atoms with Crippen LogP contribution in [0.4, 0.5) is 0 Å². The van der Waals surface area contributed by atoms with Crippen LogP contribution in [0.5, 0.6) is 0 Å². The first-order valence-corrected chi connectivity index (χ1v) is 3.30. The van der Waals surface area contributed by atoms with Gasteiger partial charge in [0, 0.05) is 0 Å². The van der Waals surface area contributed by atoms with Gasteiger partial charge in [0.15, 0.2) is 0 Å². The second-order valence-electron chi connectivity index (χ2n) is 1.52. The first-order chi connectivity index (χ1) is 4.83. The molecule has 0 aromatic rings. The maximum absolute atomic E-state index is 3.46. The highest BCUT2D eigenvalue weighted by molar-refractivity contribution is 4.94. The standard InChI is InChI=1S/2C5H8/c2*1-3-5-4-2/h2*3-5H,1H2,2H3/b5-4+;5-4-. The highest BCUT2D eigenvalue weighted by atomic mass is 13.5. The monoisotopic (exact) mass is 136 g/mol. The van der Waals surface area contributed by atoms with E-state index in [2.05, 4.69) is 13.2 Å². The van der Waals surface area contributed by atoms with E-state index >= 15 is 0 Å². The number of hydrogen-bond donors (Lipinski definition) is 0. The fraction of sp³-hybridized carbons (Fsp3) is 0.200. The second-order valence-corrected chi connectivity index (χ2v) is 1.52. The van der Waals surface area contributed by atoms with Crippen LogP contribution in [-0.2, 0) is 0 Å². The van der Waals surface area contributed by atoms with Gasteiger partial charge < -0.3 is 0 Å². The average molecular weight is 136 g/mol. The van der Waals surface area contributed by atoms with E-state index in [1.54, 1.807) is 12.2 Å². The lowest BCUT2D eigenvalue weighted by atomic mass is 10.5. The van der Waals surface area contributed by atoms with Gasteiger partial charge in [0.2, 0.25) is 0 Å². The van der Waals surface area contributed by atoms with Crippen LogP contribution >= 0.6 is 0 Å². The molecule has 0 heterocycles. The topological polar surface area (TPSA) is 0 Å². The lowest BCUT2D eigenvalue weighted by Crippen LogP contribution is -1.33. The Hall–Kier alpha value is -1.04. The van der Waals surface area contributed by atoms with Crippen molar-refractivity contribution in [1.29, 1.82) is 0 Å². The van der Waals surface area contributed by atoms with Crippen molar-refractivity contribution >= 4 is 0 Å². The molecule has 0 nitrogen and oxygen atoms in total. The van der Waals surface area contributed by atoms with Crippen molar-refractivity contribution in [3.63, 3.8) is 0 Å². The van der Waals surface area contributed by atoms with Crippen molar-refractivity contribution in [2.45, 2.75) is 13.8 Å². The molecule has 0 rings (SSSR count). The third kappa shape index (κ3) is 28.2. The molecule has 0 aliphatic heterocycles. The highest BCUT2D eigenvalue weighted by Crippen LogP contribution is 1.65. The molecule has 0 heteroatoms. The molecular weight excluding hydrogens is 120 g/mol. The van der Waals surface area contributed by atoms with Crippen molar-refractivity contribution < 1.29 is 0 Å². The Morgan fingerprint density at radius 3 is 1.10 bits per heavy atom. The minimum Gasteiger partial charge on any atom is -0.0991 e. The van der Waals surface area contributed by atoms with Gasteiger partial charge in [0.1, 0.15) is 0 Å². The van der Waals surface area contributed by atoms with Gasteiger partial charge in [-0.25, -0.2) is 0 Å². The zero-order chi connectivity index (χ0) is 8.24. The van der Waals surface area contributed by atoms with Crippen molar-refractivity contribution in [2.24, 2.45) is 0 Å². The van der Waals surface area contributed by atoms with Crippen LogP contribution < -0.4 is 0 Å². The molecule has 0 aliphatic carbocycles. The molecule has 0 aromatic carbocycles. The molecule has 0 atom stereocenters. The van der Waals surface area contributed by atoms with E-state index in [1.807, 2.05) is 38.2 Å². The molecule has 0 unspecified atom stereocenters. The van der Waals surface area contributed by atoms with E-state index in [0.29, 0.717) is 0 Å². The molecule has 56 valence electrons. The fourth-order valence-corrected chi connectivity index (χ4v) is 0.272. The second kappa shape index (κ2) is 15.7.